The van der Waals surface area contributed by atoms with Gasteiger partial charge in [-0.05, 0) is 43.9 Å². The molecule has 128 valence electrons. The molecule has 2 N–H and O–H groups in total. The van der Waals surface area contributed by atoms with Crippen molar-refractivity contribution in [3.05, 3.63) is 0 Å². The van der Waals surface area contributed by atoms with E-state index in [9.17, 15) is 10.2 Å². The van der Waals surface area contributed by atoms with Crippen molar-refractivity contribution >= 4 is 0 Å². The third kappa shape index (κ3) is 3.21. The summed E-state index contributed by atoms with van der Waals surface area (Å²) in [5.41, 5.74) is -0.681. The average Bonchev–Trinajstić information content (AvgIpc) is 2.48. The van der Waals surface area contributed by atoms with Gasteiger partial charge in [-0.1, -0.05) is 32.1 Å². The number of aliphatic hydroxyl groups excluding tert-OH is 2. The highest BCUT2D eigenvalue weighted by Crippen LogP contribution is 2.45. The molecule has 3 fully saturated rings. The second kappa shape index (κ2) is 6.76. The van der Waals surface area contributed by atoms with Crippen LogP contribution in [0.25, 0.3) is 0 Å². The van der Waals surface area contributed by atoms with Crippen molar-refractivity contribution in [2.45, 2.75) is 88.8 Å². The van der Waals surface area contributed by atoms with Crippen LogP contribution in [0.4, 0.5) is 0 Å². The van der Waals surface area contributed by atoms with Crippen LogP contribution in [0.15, 0.2) is 0 Å². The Morgan fingerprint density at radius 3 is 2.23 bits per heavy atom. The van der Waals surface area contributed by atoms with Gasteiger partial charge in [-0.2, -0.15) is 0 Å². The van der Waals surface area contributed by atoms with Gasteiger partial charge in [-0.25, -0.2) is 0 Å². The molecular weight excluding hydrogens is 280 g/mol. The molecule has 4 heteroatoms. The topological polar surface area (TPSA) is 58.9 Å². The third-order valence-electron chi connectivity index (χ3n) is 6.58. The molecule has 22 heavy (non-hydrogen) atoms. The summed E-state index contributed by atoms with van der Waals surface area (Å²) in [6.45, 7) is 1.96. The first-order valence-electron chi connectivity index (χ1n) is 9.09. The van der Waals surface area contributed by atoms with Crippen molar-refractivity contribution in [1.29, 1.82) is 0 Å². The van der Waals surface area contributed by atoms with Gasteiger partial charge in [-0.3, -0.25) is 0 Å². The van der Waals surface area contributed by atoms with Gasteiger partial charge < -0.3 is 19.7 Å². The van der Waals surface area contributed by atoms with Crippen LogP contribution in [0, 0.1) is 17.8 Å². The Kier molecular flexibility index (Phi) is 5.13. The maximum absolute atomic E-state index is 10.5. The summed E-state index contributed by atoms with van der Waals surface area (Å²) < 4.78 is 11.4. The molecule has 1 aliphatic heterocycles. The van der Waals surface area contributed by atoms with Crippen LogP contribution in [-0.4, -0.2) is 41.4 Å². The van der Waals surface area contributed by atoms with E-state index in [-0.39, 0.29) is 0 Å². The van der Waals surface area contributed by atoms with Crippen molar-refractivity contribution in [3.63, 3.8) is 0 Å². The van der Waals surface area contributed by atoms with Gasteiger partial charge in [0.25, 0.3) is 0 Å². The molecule has 1 heterocycles. The molecule has 2 aliphatic carbocycles. The fourth-order valence-corrected chi connectivity index (χ4v) is 4.76. The standard InChI is InChI=1S/C18H32O4/c1-18(17(20)15(19)11-16(21-2)22-18)14-8-6-13(7-9-14)10-12-4-3-5-12/h12-17,19-20H,3-11H2,1-2H3/t13?,14?,15?,16-,17?,18+/m0/s1. The molecule has 0 bridgehead atoms. The summed E-state index contributed by atoms with van der Waals surface area (Å²) in [5.74, 6) is 2.15. The number of aliphatic hydroxyl groups is 2. The number of hydrogen-bond donors (Lipinski definition) is 2. The lowest BCUT2D eigenvalue weighted by atomic mass is 9.67. The van der Waals surface area contributed by atoms with Crippen LogP contribution >= 0.6 is 0 Å². The van der Waals surface area contributed by atoms with Crippen LogP contribution < -0.4 is 0 Å². The minimum Gasteiger partial charge on any atom is -0.390 e. The summed E-state index contributed by atoms with van der Waals surface area (Å²) in [6, 6.07) is 0. The highest BCUT2D eigenvalue weighted by atomic mass is 16.7. The Balaban J connectivity index is 1.58. The maximum atomic E-state index is 10.5. The van der Waals surface area contributed by atoms with Crippen molar-refractivity contribution in [2.24, 2.45) is 17.8 Å². The summed E-state index contributed by atoms with van der Waals surface area (Å²) in [4.78, 5) is 0. The molecule has 0 radical (unpaired) electrons. The summed E-state index contributed by atoms with van der Waals surface area (Å²) in [6.07, 6.45) is 8.72. The van der Waals surface area contributed by atoms with E-state index in [1.165, 1.54) is 38.5 Å². The molecule has 2 unspecified atom stereocenters. The summed E-state index contributed by atoms with van der Waals surface area (Å²) >= 11 is 0. The molecule has 0 aromatic rings. The maximum Gasteiger partial charge on any atom is 0.160 e. The van der Waals surface area contributed by atoms with E-state index in [4.69, 9.17) is 9.47 Å². The number of methoxy groups -OCH3 is 1. The highest BCUT2D eigenvalue weighted by Gasteiger charge is 2.51. The molecular formula is C18H32O4. The normalized spacial score (nSPS) is 47.2. The van der Waals surface area contributed by atoms with Crippen LogP contribution in [0.1, 0.15) is 64.7 Å². The second-order valence-corrected chi connectivity index (χ2v) is 7.97. The van der Waals surface area contributed by atoms with Crippen molar-refractivity contribution in [2.75, 3.05) is 7.11 Å². The smallest absolute Gasteiger partial charge is 0.160 e. The van der Waals surface area contributed by atoms with Crippen LogP contribution in [0.5, 0.6) is 0 Å². The van der Waals surface area contributed by atoms with Gasteiger partial charge in [0, 0.05) is 13.5 Å². The lowest BCUT2D eigenvalue weighted by molar-refractivity contribution is -0.300. The van der Waals surface area contributed by atoms with Gasteiger partial charge in [-0.15, -0.1) is 0 Å². The Bertz CT molecular complexity index is 362. The molecule has 3 aliphatic rings. The molecule has 1 saturated heterocycles. The van der Waals surface area contributed by atoms with E-state index in [2.05, 4.69) is 0 Å². The van der Waals surface area contributed by atoms with Crippen LogP contribution in [0.3, 0.4) is 0 Å². The number of hydrogen-bond acceptors (Lipinski definition) is 4. The quantitative estimate of drug-likeness (QED) is 0.838. The Morgan fingerprint density at radius 2 is 1.68 bits per heavy atom. The van der Waals surface area contributed by atoms with E-state index in [1.54, 1.807) is 7.11 Å². The molecule has 0 aromatic carbocycles. The van der Waals surface area contributed by atoms with Crippen molar-refractivity contribution in [3.8, 4) is 0 Å². The van der Waals surface area contributed by atoms with E-state index >= 15 is 0 Å². The first-order chi connectivity index (χ1) is 10.5. The minimum absolute atomic E-state index is 0.313. The van der Waals surface area contributed by atoms with E-state index in [0.717, 1.165) is 24.7 Å². The second-order valence-electron chi connectivity index (χ2n) is 7.97. The fourth-order valence-electron chi connectivity index (χ4n) is 4.76. The zero-order valence-corrected chi connectivity index (χ0v) is 14.0. The Labute approximate surface area is 134 Å². The van der Waals surface area contributed by atoms with Gasteiger partial charge >= 0.3 is 0 Å². The highest BCUT2D eigenvalue weighted by molar-refractivity contribution is 4.99. The van der Waals surface area contributed by atoms with Gasteiger partial charge in [0.05, 0.1) is 11.7 Å². The SMILES string of the molecule is CO[C@@H]1CC(O)C(O)[C@@](C)(C2CCC(CC3CCC3)CC2)O1. The summed E-state index contributed by atoms with van der Waals surface area (Å²) in [5, 5.41) is 20.6. The molecule has 2 saturated carbocycles. The zero-order chi connectivity index (χ0) is 15.7. The molecule has 0 spiro atoms. The predicted molar refractivity (Wildman–Crippen MR) is 84.3 cm³/mol. The fraction of sp³-hybridized carbons (Fsp3) is 1.00. The van der Waals surface area contributed by atoms with E-state index < -0.39 is 24.1 Å². The molecule has 0 amide bonds. The molecule has 4 nitrogen and oxygen atoms in total. The lowest BCUT2D eigenvalue weighted by Gasteiger charge is -2.50. The van der Waals surface area contributed by atoms with Crippen LogP contribution in [0.2, 0.25) is 0 Å². The monoisotopic (exact) mass is 312 g/mol. The molecule has 4 atom stereocenters. The largest absolute Gasteiger partial charge is 0.390 e. The molecule has 3 rings (SSSR count). The van der Waals surface area contributed by atoms with Gasteiger partial charge in [0.2, 0.25) is 0 Å². The van der Waals surface area contributed by atoms with Crippen molar-refractivity contribution < 1.29 is 19.7 Å². The lowest BCUT2D eigenvalue weighted by Crippen LogP contribution is -2.60. The van der Waals surface area contributed by atoms with E-state index in [1.807, 2.05) is 6.92 Å². The number of rotatable bonds is 4. The summed E-state index contributed by atoms with van der Waals surface area (Å²) in [7, 11) is 1.60. The predicted octanol–water partition coefficient (Wildman–Crippen LogP) is 2.86. The third-order valence-corrected chi connectivity index (χ3v) is 6.58. The van der Waals surface area contributed by atoms with E-state index in [0.29, 0.717) is 12.3 Å². The zero-order valence-electron chi connectivity index (χ0n) is 14.0. The minimum atomic E-state index is -0.813. The van der Waals surface area contributed by atoms with Crippen LogP contribution in [-0.2, 0) is 9.47 Å². The first kappa shape index (κ1) is 16.7. The average molecular weight is 312 g/mol. The van der Waals surface area contributed by atoms with Gasteiger partial charge in [0.1, 0.15) is 6.10 Å². The first-order valence-corrected chi connectivity index (χ1v) is 9.09. The van der Waals surface area contributed by atoms with Crippen molar-refractivity contribution in [1.82, 2.24) is 0 Å². The Morgan fingerprint density at radius 1 is 1.05 bits per heavy atom. The molecule has 0 aromatic heterocycles. The number of ether oxygens (including phenoxy) is 2. The Hall–Kier alpha value is -0.160. The van der Waals surface area contributed by atoms with Gasteiger partial charge in [0.15, 0.2) is 6.29 Å².